The smallest absolute Gasteiger partial charge is 0.319 e. The Bertz CT molecular complexity index is 587. The molecule has 0 aromatic heterocycles. The van der Waals surface area contributed by atoms with Crippen LogP contribution in [0.15, 0.2) is 24.3 Å². The van der Waals surface area contributed by atoms with Gasteiger partial charge in [-0.3, -0.25) is 9.69 Å². The Kier molecular flexibility index (Phi) is 7.68. The van der Waals surface area contributed by atoms with E-state index < -0.39 is 5.97 Å². The van der Waals surface area contributed by atoms with Crippen LogP contribution in [0.3, 0.4) is 0 Å². The summed E-state index contributed by atoms with van der Waals surface area (Å²) in [5.41, 5.74) is 0.679. The van der Waals surface area contributed by atoms with Gasteiger partial charge in [0.25, 0.3) is 0 Å². The number of amides is 2. The van der Waals surface area contributed by atoms with Crippen LogP contribution in [0.5, 0.6) is 5.75 Å². The predicted octanol–water partition coefficient (Wildman–Crippen LogP) is 1.77. The lowest BCUT2D eigenvalue weighted by molar-refractivity contribution is -0.139. The van der Waals surface area contributed by atoms with Crippen molar-refractivity contribution in [3.05, 3.63) is 24.3 Å². The van der Waals surface area contributed by atoms with E-state index in [0.717, 1.165) is 12.8 Å². The molecule has 26 heavy (non-hydrogen) atoms. The fourth-order valence-electron chi connectivity index (χ4n) is 2.91. The summed E-state index contributed by atoms with van der Waals surface area (Å²) < 4.78 is 10.4. The fourth-order valence-corrected chi connectivity index (χ4v) is 2.91. The Morgan fingerprint density at radius 2 is 1.92 bits per heavy atom. The van der Waals surface area contributed by atoms with Gasteiger partial charge in [0.2, 0.25) is 0 Å². The molecule has 0 spiro atoms. The number of carboxylic acids is 1. The van der Waals surface area contributed by atoms with E-state index in [1.54, 1.807) is 31.4 Å². The van der Waals surface area contributed by atoms with Gasteiger partial charge in [-0.05, 0) is 43.7 Å². The Balaban J connectivity index is 1.70. The van der Waals surface area contributed by atoms with Gasteiger partial charge in [-0.25, -0.2) is 4.79 Å². The Hall–Kier alpha value is -2.32. The van der Waals surface area contributed by atoms with Gasteiger partial charge >= 0.3 is 12.0 Å². The van der Waals surface area contributed by atoms with Crippen LogP contribution < -0.4 is 15.4 Å². The second-order valence-corrected chi connectivity index (χ2v) is 6.24. The van der Waals surface area contributed by atoms with Crippen LogP contribution in [0.2, 0.25) is 0 Å². The number of carboxylic acid groups (broad SMARTS) is 1. The molecule has 0 unspecified atom stereocenters. The number of anilines is 1. The van der Waals surface area contributed by atoms with Gasteiger partial charge < -0.3 is 25.2 Å². The molecule has 1 fully saturated rings. The van der Waals surface area contributed by atoms with Crippen LogP contribution in [0.4, 0.5) is 10.5 Å². The molecular formula is C18H27N3O5. The van der Waals surface area contributed by atoms with Gasteiger partial charge in [-0.15, -0.1) is 0 Å². The van der Waals surface area contributed by atoms with Crippen molar-refractivity contribution in [2.75, 3.05) is 38.7 Å². The summed E-state index contributed by atoms with van der Waals surface area (Å²) in [4.78, 5) is 24.8. The second-order valence-electron chi connectivity index (χ2n) is 6.24. The number of rotatable bonds is 10. The van der Waals surface area contributed by atoms with Gasteiger partial charge in [0.1, 0.15) is 12.4 Å². The maximum atomic E-state index is 12.1. The van der Waals surface area contributed by atoms with Crippen molar-refractivity contribution >= 4 is 17.7 Å². The number of nitrogens with zero attached hydrogens (tertiary/aromatic N) is 1. The zero-order chi connectivity index (χ0) is 18.9. The normalized spacial score (nSPS) is 18.9. The van der Waals surface area contributed by atoms with Crippen LogP contribution in [0, 0.1) is 0 Å². The molecule has 0 saturated heterocycles. The highest BCUT2D eigenvalue weighted by molar-refractivity contribution is 5.89. The molecule has 0 radical (unpaired) electrons. The maximum absolute atomic E-state index is 12.1. The molecule has 2 rings (SSSR count). The summed E-state index contributed by atoms with van der Waals surface area (Å²) in [6.45, 7) is 3.67. The highest BCUT2D eigenvalue weighted by atomic mass is 16.5. The number of hydrogen-bond acceptors (Lipinski definition) is 5. The molecule has 144 valence electrons. The summed E-state index contributed by atoms with van der Waals surface area (Å²) in [5, 5.41) is 14.6. The third-order valence-corrected chi connectivity index (χ3v) is 4.38. The number of carbonyl (C=O) groups excluding carboxylic acids is 1. The molecule has 1 saturated carbocycles. The molecule has 8 nitrogen and oxygen atoms in total. The molecule has 0 heterocycles. The van der Waals surface area contributed by atoms with Crippen LogP contribution in [0.25, 0.3) is 0 Å². The van der Waals surface area contributed by atoms with Crippen molar-refractivity contribution < 1.29 is 24.2 Å². The molecule has 1 aliphatic rings. The molecule has 8 heteroatoms. The molecule has 2 amide bonds. The Labute approximate surface area is 153 Å². The average Bonchev–Trinajstić information content (AvgIpc) is 2.57. The summed E-state index contributed by atoms with van der Waals surface area (Å²) in [5.74, 6) is -0.108. The fraction of sp³-hybridized carbons (Fsp3) is 0.556. The minimum Gasteiger partial charge on any atom is -0.491 e. The SMILES string of the molecule is CCN(CC(=O)O)C1CC(NC(=O)Nc2ccc(OCCOC)cc2)C1. The van der Waals surface area contributed by atoms with Crippen molar-refractivity contribution in [2.24, 2.45) is 0 Å². The van der Waals surface area contributed by atoms with Crippen LogP contribution in [-0.4, -0.2) is 67.5 Å². The first-order chi connectivity index (χ1) is 12.5. The van der Waals surface area contributed by atoms with Gasteiger partial charge in [-0.2, -0.15) is 0 Å². The van der Waals surface area contributed by atoms with Crippen LogP contribution in [-0.2, 0) is 9.53 Å². The third kappa shape index (κ3) is 6.20. The number of carbonyl (C=O) groups is 2. The number of methoxy groups -OCH3 is 1. The average molecular weight is 365 g/mol. The van der Waals surface area contributed by atoms with E-state index in [4.69, 9.17) is 14.6 Å². The van der Waals surface area contributed by atoms with Gasteiger partial charge in [0.15, 0.2) is 0 Å². The Morgan fingerprint density at radius 3 is 2.50 bits per heavy atom. The monoisotopic (exact) mass is 365 g/mol. The lowest BCUT2D eigenvalue weighted by Gasteiger charge is -2.42. The summed E-state index contributed by atoms with van der Waals surface area (Å²) in [6, 6.07) is 7.14. The van der Waals surface area contributed by atoms with E-state index in [0.29, 0.717) is 31.2 Å². The van der Waals surface area contributed by atoms with Crippen molar-refractivity contribution in [1.29, 1.82) is 0 Å². The van der Waals surface area contributed by atoms with Crippen molar-refractivity contribution in [1.82, 2.24) is 10.2 Å². The molecular weight excluding hydrogens is 338 g/mol. The van der Waals surface area contributed by atoms with Crippen LogP contribution >= 0.6 is 0 Å². The van der Waals surface area contributed by atoms with Crippen LogP contribution in [0.1, 0.15) is 19.8 Å². The molecule has 1 aliphatic carbocycles. The number of likely N-dealkylation sites (N-methyl/N-ethyl adjacent to an activating group) is 1. The zero-order valence-corrected chi connectivity index (χ0v) is 15.2. The minimum atomic E-state index is -0.823. The number of benzene rings is 1. The quantitative estimate of drug-likeness (QED) is 0.547. The van der Waals surface area contributed by atoms with Crippen molar-refractivity contribution in [2.45, 2.75) is 31.8 Å². The maximum Gasteiger partial charge on any atom is 0.319 e. The topological polar surface area (TPSA) is 100 Å². The largest absolute Gasteiger partial charge is 0.491 e. The van der Waals surface area contributed by atoms with E-state index in [2.05, 4.69) is 10.6 Å². The van der Waals surface area contributed by atoms with E-state index in [9.17, 15) is 9.59 Å². The lowest BCUT2D eigenvalue weighted by Crippen LogP contribution is -2.55. The Morgan fingerprint density at radius 1 is 1.23 bits per heavy atom. The first kappa shape index (κ1) is 20.0. The third-order valence-electron chi connectivity index (χ3n) is 4.38. The second kappa shape index (κ2) is 9.98. The summed E-state index contributed by atoms with van der Waals surface area (Å²) in [7, 11) is 1.62. The molecule has 1 aromatic carbocycles. The first-order valence-electron chi connectivity index (χ1n) is 8.77. The number of ether oxygens (including phenoxy) is 2. The van der Waals surface area contributed by atoms with Gasteiger partial charge in [0.05, 0.1) is 13.2 Å². The zero-order valence-electron chi connectivity index (χ0n) is 15.2. The number of nitrogens with one attached hydrogen (secondary N) is 2. The molecule has 3 N–H and O–H groups in total. The molecule has 0 aliphatic heterocycles. The lowest BCUT2D eigenvalue weighted by atomic mass is 9.85. The van der Waals surface area contributed by atoms with Crippen molar-refractivity contribution in [3.63, 3.8) is 0 Å². The summed E-state index contributed by atoms with van der Waals surface area (Å²) in [6.07, 6.45) is 1.53. The molecule has 0 atom stereocenters. The standard InChI is InChI=1S/C18H27N3O5/c1-3-21(12-17(22)23)15-10-14(11-15)20-18(24)19-13-4-6-16(7-5-13)26-9-8-25-2/h4-7,14-15H,3,8-12H2,1-2H3,(H,22,23)(H2,19,20,24). The highest BCUT2D eigenvalue weighted by Gasteiger charge is 2.34. The van der Waals surface area contributed by atoms with E-state index in [-0.39, 0.29) is 24.7 Å². The first-order valence-corrected chi connectivity index (χ1v) is 8.77. The number of urea groups is 1. The van der Waals surface area contributed by atoms with E-state index in [1.165, 1.54) is 0 Å². The molecule has 1 aromatic rings. The number of aliphatic carboxylic acids is 1. The van der Waals surface area contributed by atoms with E-state index in [1.807, 2.05) is 11.8 Å². The minimum absolute atomic E-state index is 0.0406. The van der Waals surface area contributed by atoms with Crippen molar-refractivity contribution in [3.8, 4) is 5.75 Å². The van der Waals surface area contributed by atoms with Gasteiger partial charge in [0, 0.05) is 24.9 Å². The van der Waals surface area contributed by atoms with E-state index >= 15 is 0 Å². The highest BCUT2D eigenvalue weighted by Crippen LogP contribution is 2.25. The van der Waals surface area contributed by atoms with Gasteiger partial charge in [-0.1, -0.05) is 6.92 Å². The number of hydrogen-bond donors (Lipinski definition) is 3. The molecule has 0 bridgehead atoms. The summed E-state index contributed by atoms with van der Waals surface area (Å²) >= 11 is 0. The predicted molar refractivity (Wildman–Crippen MR) is 97.7 cm³/mol.